The zero-order chi connectivity index (χ0) is 14.0. The SMILES string of the molecule is Cc1ccc(C(C)NS(=O)(=O)c2cnc(Cl)s2)cc1. The van der Waals surface area contributed by atoms with E-state index in [9.17, 15) is 8.42 Å². The van der Waals surface area contributed by atoms with Gasteiger partial charge in [0.15, 0.2) is 8.68 Å². The van der Waals surface area contributed by atoms with Crippen molar-refractivity contribution in [3.8, 4) is 0 Å². The predicted molar refractivity (Wildman–Crippen MR) is 77.0 cm³/mol. The van der Waals surface area contributed by atoms with E-state index in [2.05, 4.69) is 9.71 Å². The molecule has 102 valence electrons. The van der Waals surface area contributed by atoms with Gasteiger partial charge in [-0.3, -0.25) is 0 Å². The van der Waals surface area contributed by atoms with E-state index in [-0.39, 0.29) is 14.7 Å². The van der Waals surface area contributed by atoms with E-state index in [0.717, 1.165) is 22.5 Å². The summed E-state index contributed by atoms with van der Waals surface area (Å²) in [5, 5.41) is 0. The molecular weight excluding hydrogens is 304 g/mol. The fourth-order valence-corrected chi connectivity index (χ4v) is 4.12. The molecule has 2 rings (SSSR count). The molecular formula is C12H13ClN2O2S2. The van der Waals surface area contributed by atoms with E-state index in [1.165, 1.54) is 6.20 Å². The number of rotatable bonds is 4. The minimum atomic E-state index is -3.58. The van der Waals surface area contributed by atoms with E-state index in [4.69, 9.17) is 11.6 Å². The number of aromatic nitrogens is 1. The van der Waals surface area contributed by atoms with Crippen LogP contribution in [0.3, 0.4) is 0 Å². The van der Waals surface area contributed by atoms with Gasteiger partial charge in [0.25, 0.3) is 10.0 Å². The van der Waals surface area contributed by atoms with Crippen LogP contribution in [0.25, 0.3) is 0 Å². The van der Waals surface area contributed by atoms with Crippen LogP contribution in [0, 0.1) is 6.92 Å². The summed E-state index contributed by atoms with van der Waals surface area (Å²) in [4.78, 5) is 3.74. The summed E-state index contributed by atoms with van der Waals surface area (Å²) in [5.41, 5.74) is 2.04. The molecule has 2 aromatic rings. The highest BCUT2D eigenvalue weighted by Gasteiger charge is 2.20. The Morgan fingerprint density at radius 2 is 1.95 bits per heavy atom. The van der Waals surface area contributed by atoms with Crippen molar-refractivity contribution in [3.63, 3.8) is 0 Å². The van der Waals surface area contributed by atoms with Gasteiger partial charge < -0.3 is 0 Å². The van der Waals surface area contributed by atoms with Crippen LogP contribution in [0.15, 0.2) is 34.7 Å². The normalized spacial score (nSPS) is 13.4. The summed E-state index contributed by atoms with van der Waals surface area (Å²) < 4.78 is 27.1. The average molecular weight is 317 g/mol. The van der Waals surface area contributed by atoms with Crippen LogP contribution in [0.4, 0.5) is 0 Å². The molecule has 0 aliphatic heterocycles. The number of aryl methyl sites for hydroxylation is 1. The smallest absolute Gasteiger partial charge is 0.232 e. The summed E-state index contributed by atoms with van der Waals surface area (Å²) in [6.07, 6.45) is 1.26. The molecule has 0 aliphatic rings. The van der Waals surface area contributed by atoms with Crippen molar-refractivity contribution < 1.29 is 8.42 Å². The van der Waals surface area contributed by atoms with Gasteiger partial charge in [-0.15, -0.1) is 0 Å². The van der Waals surface area contributed by atoms with Crippen molar-refractivity contribution >= 4 is 33.0 Å². The van der Waals surface area contributed by atoms with Crippen molar-refractivity contribution in [2.45, 2.75) is 24.1 Å². The minimum Gasteiger partial charge on any atom is -0.232 e. The molecule has 0 saturated carbocycles. The van der Waals surface area contributed by atoms with Crippen LogP contribution in [0.5, 0.6) is 0 Å². The molecule has 0 radical (unpaired) electrons. The summed E-state index contributed by atoms with van der Waals surface area (Å²) in [7, 11) is -3.58. The molecule has 1 aromatic heterocycles. The van der Waals surface area contributed by atoms with Gasteiger partial charge in [0.1, 0.15) is 0 Å². The number of nitrogens with one attached hydrogen (secondary N) is 1. The molecule has 1 heterocycles. The Kier molecular flexibility index (Phi) is 4.25. The lowest BCUT2D eigenvalue weighted by Crippen LogP contribution is -2.26. The van der Waals surface area contributed by atoms with E-state index in [1.54, 1.807) is 6.92 Å². The number of nitrogens with zero attached hydrogens (tertiary/aromatic N) is 1. The Labute approximate surface area is 121 Å². The maximum Gasteiger partial charge on any atom is 0.252 e. The van der Waals surface area contributed by atoms with Gasteiger partial charge in [-0.1, -0.05) is 52.8 Å². The lowest BCUT2D eigenvalue weighted by atomic mass is 10.1. The molecule has 0 bridgehead atoms. The maximum absolute atomic E-state index is 12.1. The summed E-state index contributed by atoms with van der Waals surface area (Å²) in [5.74, 6) is 0. The van der Waals surface area contributed by atoms with Crippen molar-refractivity contribution in [2.75, 3.05) is 0 Å². The molecule has 0 amide bonds. The maximum atomic E-state index is 12.1. The van der Waals surface area contributed by atoms with Crippen LogP contribution in [-0.4, -0.2) is 13.4 Å². The van der Waals surface area contributed by atoms with Crippen LogP contribution >= 0.6 is 22.9 Å². The average Bonchev–Trinajstić information content (AvgIpc) is 2.77. The van der Waals surface area contributed by atoms with Gasteiger partial charge in [0.2, 0.25) is 0 Å². The standard InChI is InChI=1S/C12H13ClN2O2S2/c1-8-3-5-10(6-4-8)9(2)15-19(16,17)11-7-14-12(13)18-11/h3-7,9,15H,1-2H3. The Hall–Kier alpha value is -0.950. The number of benzene rings is 1. The number of hydrogen-bond donors (Lipinski definition) is 1. The summed E-state index contributed by atoms with van der Waals surface area (Å²) in [6.45, 7) is 3.78. The third-order valence-corrected chi connectivity index (χ3v) is 5.75. The molecule has 0 saturated heterocycles. The summed E-state index contributed by atoms with van der Waals surface area (Å²) >= 11 is 6.59. The van der Waals surface area contributed by atoms with E-state index in [1.807, 2.05) is 31.2 Å². The van der Waals surface area contributed by atoms with Crippen molar-refractivity contribution in [2.24, 2.45) is 0 Å². The van der Waals surface area contributed by atoms with Gasteiger partial charge in [-0.25, -0.2) is 18.1 Å². The lowest BCUT2D eigenvalue weighted by molar-refractivity contribution is 0.569. The van der Waals surface area contributed by atoms with E-state index in [0.29, 0.717) is 0 Å². The molecule has 0 aliphatic carbocycles. The zero-order valence-electron chi connectivity index (χ0n) is 10.4. The van der Waals surface area contributed by atoms with Gasteiger partial charge in [-0.05, 0) is 19.4 Å². The molecule has 1 N–H and O–H groups in total. The van der Waals surface area contributed by atoms with Gasteiger partial charge in [0.05, 0.1) is 6.20 Å². The lowest BCUT2D eigenvalue weighted by Gasteiger charge is -2.13. The quantitative estimate of drug-likeness (QED) is 0.942. The first-order valence-electron chi connectivity index (χ1n) is 5.59. The fourth-order valence-electron chi connectivity index (χ4n) is 1.58. The largest absolute Gasteiger partial charge is 0.252 e. The molecule has 7 heteroatoms. The van der Waals surface area contributed by atoms with Gasteiger partial charge in [-0.2, -0.15) is 0 Å². The highest BCUT2D eigenvalue weighted by Crippen LogP contribution is 2.24. The van der Waals surface area contributed by atoms with Gasteiger partial charge >= 0.3 is 0 Å². The summed E-state index contributed by atoms with van der Waals surface area (Å²) in [6, 6.07) is 7.39. The molecule has 1 unspecified atom stereocenters. The monoisotopic (exact) mass is 316 g/mol. The molecule has 0 spiro atoms. The molecule has 1 atom stereocenters. The zero-order valence-corrected chi connectivity index (χ0v) is 12.8. The highest BCUT2D eigenvalue weighted by molar-refractivity contribution is 7.91. The molecule has 1 aromatic carbocycles. The molecule has 19 heavy (non-hydrogen) atoms. The van der Waals surface area contributed by atoms with Crippen LogP contribution in [-0.2, 0) is 10.0 Å². The van der Waals surface area contributed by atoms with Gasteiger partial charge in [0, 0.05) is 6.04 Å². The number of hydrogen-bond acceptors (Lipinski definition) is 4. The predicted octanol–water partition coefficient (Wildman–Crippen LogP) is 3.14. The number of halogens is 1. The molecule has 0 fully saturated rings. The fraction of sp³-hybridized carbons (Fsp3) is 0.250. The first-order valence-corrected chi connectivity index (χ1v) is 8.26. The van der Waals surface area contributed by atoms with Crippen molar-refractivity contribution in [3.05, 3.63) is 46.1 Å². The Morgan fingerprint density at radius 1 is 1.32 bits per heavy atom. The Balaban J connectivity index is 2.18. The minimum absolute atomic E-state index is 0.122. The topological polar surface area (TPSA) is 59.1 Å². The second-order valence-corrected chi connectivity index (χ2v) is 7.74. The molecule has 4 nitrogen and oxygen atoms in total. The van der Waals surface area contributed by atoms with Crippen molar-refractivity contribution in [1.29, 1.82) is 0 Å². The second kappa shape index (κ2) is 5.58. The van der Waals surface area contributed by atoms with Crippen LogP contribution < -0.4 is 4.72 Å². The Bertz CT molecular complexity index is 665. The van der Waals surface area contributed by atoms with Crippen molar-refractivity contribution in [1.82, 2.24) is 9.71 Å². The third kappa shape index (κ3) is 3.54. The third-order valence-electron chi connectivity index (χ3n) is 2.63. The first kappa shape index (κ1) is 14.5. The number of sulfonamides is 1. The highest BCUT2D eigenvalue weighted by atomic mass is 35.5. The van der Waals surface area contributed by atoms with E-state index < -0.39 is 10.0 Å². The number of thiazole rings is 1. The second-order valence-electron chi connectivity index (χ2n) is 4.19. The van der Waals surface area contributed by atoms with E-state index >= 15 is 0 Å². The Morgan fingerprint density at radius 3 is 2.47 bits per heavy atom. The van der Waals surface area contributed by atoms with Crippen LogP contribution in [0.2, 0.25) is 4.47 Å². The first-order chi connectivity index (χ1) is 8.88. The van der Waals surface area contributed by atoms with Crippen LogP contribution in [0.1, 0.15) is 24.1 Å².